The van der Waals surface area contributed by atoms with Crippen molar-refractivity contribution >= 4 is 45.1 Å². The zero-order valence-corrected chi connectivity index (χ0v) is 11.9. The first-order chi connectivity index (χ1) is 8.63. The van der Waals surface area contributed by atoms with E-state index in [1.165, 1.54) is 6.33 Å². The Balaban J connectivity index is 0.000000492. The van der Waals surface area contributed by atoms with Crippen LogP contribution in [0.4, 0.5) is 0 Å². The van der Waals surface area contributed by atoms with Crippen molar-refractivity contribution in [2.75, 3.05) is 5.75 Å². The standard InChI is InChI=1S/C10H9BrN2OS.CH2O2/c1-2-15-9-3-6-8(4-7(9)11)12-5-13-10(6)14;2-1-3/h3-5H,2H2,1H3,(H,12,13,14);1H,(H,2,3). The van der Waals surface area contributed by atoms with Gasteiger partial charge in [-0.25, -0.2) is 4.98 Å². The van der Waals surface area contributed by atoms with Crippen LogP contribution in [-0.2, 0) is 4.79 Å². The molecule has 7 heteroatoms. The van der Waals surface area contributed by atoms with Crippen LogP contribution in [0.5, 0.6) is 0 Å². The number of hydrogen-bond donors (Lipinski definition) is 2. The van der Waals surface area contributed by atoms with Gasteiger partial charge in [0.2, 0.25) is 0 Å². The van der Waals surface area contributed by atoms with E-state index in [4.69, 9.17) is 9.90 Å². The molecule has 0 amide bonds. The second kappa shape index (κ2) is 7.17. The van der Waals surface area contributed by atoms with Crippen LogP contribution < -0.4 is 5.56 Å². The molecule has 2 aromatic rings. The maximum atomic E-state index is 11.5. The summed E-state index contributed by atoms with van der Waals surface area (Å²) in [6, 6.07) is 3.75. The number of halogens is 1. The van der Waals surface area contributed by atoms with E-state index in [0.717, 1.165) is 15.1 Å². The lowest BCUT2D eigenvalue weighted by Gasteiger charge is -2.03. The maximum absolute atomic E-state index is 11.5. The second-order valence-corrected chi connectivity index (χ2v) is 5.23. The number of rotatable bonds is 2. The van der Waals surface area contributed by atoms with E-state index in [9.17, 15) is 4.79 Å². The molecular formula is C11H11BrN2O3S. The zero-order chi connectivity index (χ0) is 13.5. The highest BCUT2D eigenvalue weighted by atomic mass is 79.9. The Labute approximate surface area is 116 Å². The molecule has 2 N–H and O–H groups in total. The first-order valence-corrected chi connectivity index (χ1v) is 6.79. The molecule has 5 nitrogen and oxygen atoms in total. The molecule has 0 radical (unpaired) electrons. The molecule has 0 spiro atoms. The Morgan fingerprint density at radius 1 is 1.56 bits per heavy atom. The van der Waals surface area contributed by atoms with E-state index >= 15 is 0 Å². The molecule has 0 bridgehead atoms. The lowest BCUT2D eigenvalue weighted by Crippen LogP contribution is -2.06. The van der Waals surface area contributed by atoms with Gasteiger partial charge in [-0.15, -0.1) is 11.8 Å². The Kier molecular flexibility index (Phi) is 5.87. The highest BCUT2D eigenvalue weighted by Gasteiger charge is 2.05. The number of aromatic amines is 1. The van der Waals surface area contributed by atoms with E-state index in [1.54, 1.807) is 11.8 Å². The van der Waals surface area contributed by atoms with Gasteiger partial charge in [-0.2, -0.15) is 0 Å². The summed E-state index contributed by atoms with van der Waals surface area (Å²) in [4.78, 5) is 27.6. The molecule has 0 fully saturated rings. The van der Waals surface area contributed by atoms with Gasteiger partial charge >= 0.3 is 0 Å². The summed E-state index contributed by atoms with van der Waals surface area (Å²) in [6.07, 6.45) is 1.42. The first-order valence-electron chi connectivity index (χ1n) is 5.01. The van der Waals surface area contributed by atoms with Gasteiger partial charge in [-0.05, 0) is 33.8 Å². The van der Waals surface area contributed by atoms with E-state index < -0.39 is 0 Å². The smallest absolute Gasteiger partial charge is 0.290 e. The van der Waals surface area contributed by atoms with Crippen LogP contribution in [0.3, 0.4) is 0 Å². The second-order valence-electron chi connectivity index (χ2n) is 3.07. The van der Waals surface area contributed by atoms with Gasteiger partial charge in [0.25, 0.3) is 12.0 Å². The molecule has 0 unspecified atom stereocenters. The normalized spacial score (nSPS) is 9.67. The topological polar surface area (TPSA) is 83.0 Å². The number of hydrogen-bond acceptors (Lipinski definition) is 4. The SMILES string of the molecule is CCSc1cc2c(=O)[nH]cnc2cc1Br.O=CO. The molecule has 0 atom stereocenters. The quantitative estimate of drug-likeness (QED) is 0.653. The zero-order valence-electron chi connectivity index (χ0n) is 9.51. The minimum atomic E-state index is -0.250. The molecule has 96 valence electrons. The molecule has 0 aliphatic carbocycles. The van der Waals surface area contributed by atoms with Crippen LogP contribution in [0.2, 0.25) is 0 Å². The van der Waals surface area contributed by atoms with Crippen molar-refractivity contribution in [1.82, 2.24) is 9.97 Å². The third-order valence-corrected chi connectivity index (χ3v) is 3.85. The summed E-state index contributed by atoms with van der Waals surface area (Å²) >= 11 is 5.17. The number of H-pyrrole nitrogens is 1. The van der Waals surface area contributed by atoms with Crippen molar-refractivity contribution < 1.29 is 9.90 Å². The average Bonchev–Trinajstić information content (AvgIpc) is 2.32. The van der Waals surface area contributed by atoms with E-state index in [1.807, 2.05) is 12.1 Å². The fourth-order valence-corrected chi connectivity index (χ4v) is 2.72. The Hall–Kier alpha value is -1.34. The highest BCUT2D eigenvalue weighted by Crippen LogP contribution is 2.29. The molecule has 0 saturated carbocycles. The number of fused-ring (bicyclic) bond motifs is 1. The molecule has 1 aromatic carbocycles. The molecule has 0 saturated heterocycles. The van der Waals surface area contributed by atoms with Crippen molar-refractivity contribution in [3.8, 4) is 0 Å². The number of nitrogens with zero attached hydrogens (tertiary/aromatic N) is 1. The monoisotopic (exact) mass is 330 g/mol. The summed E-state index contributed by atoms with van der Waals surface area (Å²) in [6.45, 7) is 1.83. The van der Waals surface area contributed by atoms with E-state index in [0.29, 0.717) is 10.9 Å². The summed E-state index contributed by atoms with van der Waals surface area (Å²) in [5.74, 6) is 0.974. The van der Waals surface area contributed by atoms with E-state index in [2.05, 4.69) is 32.8 Å². The maximum Gasteiger partial charge on any atom is 0.290 e. The van der Waals surface area contributed by atoms with Crippen LogP contribution >= 0.6 is 27.7 Å². The summed E-state index contributed by atoms with van der Waals surface area (Å²) < 4.78 is 0.986. The summed E-state index contributed by atoms with van der Waals surface area (Å²) in [7, 11) is 0. The van der Waals surface area contributed by atoms with Gasteiger partial charge in [0, 0.05) is 9.37 Å². The lowest BCUT2D eigenvalue weighted by atomic mass is 10.2. The fraction of sp³-hybridized carbons (Fsp3) is 0.182. The van der Waals surface area contributed by atoms with Crippen LogP contribution in [0.25, 0.3) is 10.9 Å². The predicted octanol–water partition coefficient (Wildman–Crippen LogP) is 2.50. The van der Waals surface area contributed by atoms with Crippen LogP contribution in [0.15, 0.2) is 32.6 Å². The molecule has 1 heterocycles. The Bertz CT molecular complexity index is 600. The molecule has 1 aromatic heterocycles. The third-order valence-electron chi connectivity index (χ3n) is 1.99. The number of thioether (sulfide) groups is 1. The van der Waals surface area contributed by atoms with Gasteiger partial charge in [-0.3, -0.25) is 9.59 Å². The Morgan fingerprint density at radius 2 is 2.22 bits per heavy atom. The van der Waals surface area contributed by atoms with E-state index in [-0.39, 0.29) is 12.0 Å². The highest BCUT2D eigenvalue weighted by molar-refractivity contribution is 9.10. The van der Waals surface area contributed by atoms with Crippen LogP contribution in [0, 0.1) is 0 Å². The summed E-state index contributed by atoms with van der Waals surface area (Å²) in [5.41, 5.74) is 0.622. The summed E-state index contributed by atoms with van der Waals surface area (Å²) in [5, 5.41) is 7.52. The van der Waals surface area contributed by atoms with Gasteiger partial charge < -0.3 is 10.1 Å². The van der Waals surface area contributed by atoms with Crippen molar-refractivity contribution in [3.63, 3.8) is 0 Å². The third kappa shape index (κ3) is 3.58. The minimum absolute atomic E-state index is 0.0922. The molecule has 0 aliphatic rings. The largest absolute Gasteiger partial charge is 0.483 e. The van der Waals surface area contributed by atoms with Crippen molar-refractivity contribution in [2.24, 2.45) is 0 Å². The van der Waals surface area contributed by atoms with Gasteiger partial charge in [0.15, 0.2) is 0 Å². The fourth-order valence-electron chi connectivity index (χ4n) is 1.34. The van der Waals surface area contributed by atoms with Crippen LogP contribution in [-0.4, -0.2) is 27.3 Å². The van der Waals surface area contributed by atoms with Crippen molar-refractivity contribution in [1.29, 1.82) is 0 Å². The molecule has 0 aliphatic heterocycles. The molecule has 2 rings (SSSR count). The number of nitrogens with one attached hydrogen (secondary N) is 1. The molecule has 18 heavy (non-hydrogen) atoms. The van der Waals surface area contributed by atoms with Gasteiger partial charge in [0.1, 0.15) is 0 Å². The Morgan fingerprint density at radius 3 is 2.83 bits per heavy atom. The van der Waals surface area contributed by atoms with Gasteiger partial charge in [0.05, 0.1) is 17.2 Å². The number of carboxylic acid groups (broad SMARTS) is 1. The lowest BCUT2D eigenvalue weighted by molar-refractivity contribution is -0.122. The van der Waals surface area contributed by atoms with Crippen molar-refractivity contribution in [2.45, 2.75) is 11.8 Å². The number of benzene rings is 1. The number of aromatic nitrogens is 2. The van der Waals surface area contributed by atoms with Gasteiger partial charge in [-0.1, -0.05) is 6.92 Å². The number of carbonyl (C=O) groups is 1. The molecular weight excluding hydrogens is 320 g/mol. The first kappa shape index (κ1) is 14.7. The predicted molar refractivity (Wildman–Crippen MR) is 75.2 cm³/mol. The average molecular weight is 331 g/mol. The van der Waals surface area contributed by atoms with Crippen LogP contribution in [0.1, 0.15) is 6.92 Å². The van der Waals surface area contributed by atoms with Crippen molar-refractivity contribution in [3.05, 3.63) is 33.3 Å². The minimum Gasteiger partial charge on any atom is -0.483 e.